The molecule has 0 spiro atoms. The maximum atomic E-state index is 12.7. The summed E-state index contributed by atoms with van der Waals surface area (Å²) in [7, 11) is 0. The molecule has 3 aliphatic heterocycles. The van der Waals surface area contributed by atoms with Gasteiger partial charge in [-0.05, 0) is 35.4 Å². The number of benzene rings is 2. The molecule has 1 atom stereocenters. The molecule has 1 aromatic heterocycles. The third-order valence-electron chi connectivity index (χ3n) is 5.34. The molecule has 28 heavy (non-hydrogen) atoms. The molecule has 6 rings (SSSR count). The fourth-order valence-electron chi connectivity index (χ4n) is 3.88. The van der Waals surface area contributed by atoms with E-state index in [2.05, 4.69) is 26.6 Å². The summed E-state index contributed by atoms with van der Waals surface area (Å²) in [6.45, 7) is 4.10. The summed E-state index contributed by atoms with van der Waals surface area (Å²) in [5, 5.41) is 0. The number of fused-ring (bicyclic) bond motifs is 2. The van der Waals surface area contributed by atoms with Gasteiger partial charge in [0.25, 0.3) is 0 Å². The van der Waals surface area contributed by atoms with Gasteiger partial charge in [-0.15, -0.1) is 0 Å². The molecule has 1 unspecified atom stereocenters. The van der Waals surface area contributed by atoms with E-state index in [0.717, 1.165) is 54.5 Å². The smallest absolute Gasteiger partial charge is 0.237 e. The van der Waals surface area contributed by atoms with Crippen LogP contribution in [0.4, 0.5) is 0 Å². The SMILES string of the molecule is O=C1CN2CCN1Cc1cccc(c1)Oc1cccc(c1)Cn1cncc1C2. The third kappa shape index (κ3) is 3.51. The molecular weight excluding hydrogens is 352 g/mol. The minimum Gasteiger partial charge on any atom is -0.457 e. The van der Waals surface area contributed by atoms with Crippen molar-refractivity contribution >= 4 is 5.91 Å². The average Bonchev–Trinajstić information content (AvgIpc) is 3.10. The van der Waals surface area contributed by atoms with E-state index >= 15 is 0 Å². The van der Waals surface area contributed by atoms with Gasteiger partial charge in [0.15, 0.2) is 0 Å². The first kappa shape index (κ1) is 17.0. The van der Waals surface area contributed by atoms with Crippen LogP contribution in [0.3, 0.4) is 0 Å². The summed E-state index contributed by atoms with van der Waals surface area (Å²) in [5.74, 6) is 1.77. The Morgan fingerprint density at radius 2 is 1.61 bits per heavy atom. The standard InChI is InChI=1S/C22H22N4O2/c27-22-15-24-7-8-25(22)12-17-3-1-5-20(9-17)28-21-6-2-4-18(10-21)13-26-16-23-11-19(26)14-24/h1-6,9-11,16H,7-8,12-15H2. The Morgan fingerprint density at radius 3 is 2.36 bits per heavy atom. The van der Waals surface area contributed by atoms with Gasteiger partial charge in [-0.2, -0.15) is 0 Å². The lowest BCUT2D eigenvalue weighted by Crippen LogP contribution is -2.49. The van der Waals surface area contributed by atoms with Crippen molar-refractivity contribution in [2.24, 2.45) is 0 Å². The lowest BCUT2D eigenvalue weighted by atomic mass is 10.1. The minimum atomic E-state index is 0.168. The highest BCUT2D eigenvalue weighted by atomic mass is 16.5. The Labute approximate surface area is 164 Å². The molecule has 0 radical (unpaired) electrons. The Kier molecular flexibility index (Phi) is 4.33. The molecule has 3 aromatic rings. The second kappa shape index (κ2) is 7.13. The highest BCUT2D eigenvalue weighted by Gasteiger charge is 2.25. The first-order valence-electron chi connectivity index (χ1n) is 9.58. The molecule has 142 valence electrons. The van der Waals surface area contributed by atoms with E-state index in [-0.39, 0.29) is 5.91 Å². The zero-order valence-electron chi connectivity index (χ0n) is 15.6. The maximum Gasteiger partial charge on any atom is 0.237 e. The normalized spacial score (nSPS) is 19.2. The van der Waals surface area contributed by atoms with Gasteiger partial charge >= 0.3 is 0 Å². The van der Waals surface area contributed by atoms with E-state index in [1.165, 1.54) is 0 Å². The highest BCUT2D eigenvalue weighted by Crippen LogP contribution is 2.25. The fraction of sp³-hybridized carbons (Fsp3) is 0.273. The summed E-state index contributed by atoms with van der Waals surface area (Å²) < 4.78 is 8.24. The van der Waals surface area contributed by atoms with Gasteiger partial charge in [0, 0.05) is 38.9 Å². The van der Waals surface area contributed by atoms with Crippen molar-refractivity contribution in [3.05, 3.63) is 77.9 Å². The van der Waals surface area contributed by atoms with Gasteiger partial charge < -0.3 is 14.2 Å². The van der Waals surface area contributed by atoms with Crippen LogP contribution in [0, 0.1) is 0 Å². The van der Waals surface area contributed by atoms with Gasteiger partial charge in [0.1, 0.15) is 11.5 Å². The molecule has 0 aliphatic carbocycles. The van der Waals surface area contributed by atoms with E-state index < -0.39 is 0 Å². The number of rotatable bonds is 0. The maximum absolute atomic E-state index is 12.7. The Balaban J connectivity index is 1.53. The van der Waals surface area contributed by atoms with Crippen LogP contribution in [0.5, 0.6) is 11.5 Å². The van der Waals surface area contributed by atoms with Crippen molar-refractivity contribution in [2.45, 2.75) is 19.6 Å². The molecule has 6 heteroatoms. The van der Waals surface area contributed by atoms with Gasteiger partial charge in [0.2, 0.25) is 5.91 Å². The average molecular weight is 374 g/mol. The lowest BCUT2D eigenvalue weighted by molar-refractivity contribution is -0.136. The number of ether oxygens (including phenoxy) is 1. The molecule has 1 fully saturated rings. The van der Waals surface area contributed by atoms with Gasteiger partial charge in [0.05, 0.1) is 18.6 Å². The third-order valence-corrected chi connectivity index (χ3v) is 5.34. The van der Waals surface area contributed by atoms with Crippen molar-refractivity contribution in [3.8, 4) is 11.5 Å². The molecule has 6 nitrogen and oxygen atoms in total. The van der Waals surface area contributed by atoms with Gasteiger partial charge in [-0.1, -0.05) is 24.3 Å². The van der Waals surface area contributed by atoms with E-state index in [9.17, 15) is 4.79 Å². The van der Waals surface area contributed by atoms with Crippen LogP contribution in [0.2, 0.25) is 0 Å². The lowest BCUT2D eigenvalue weighted by Gasteiger charge is -2.34. The first-order chi connectivity index (χ1) is 13.7. The number of hydrogen-bond donors (Lipinski definition) is 0. The molecule has 1 amide bonds. The summed E-state index contributed by atoms with van der Waals surface area (Å²) in [5.41, 5.74) is 3.35. The van der Waals surface area contributed by atoms with Gasteiger partial charge in [-0.25, -0.2) is 4.98 Å². The molecule has 0 saturated carbocycles. The van der Waals surface area contributed by atoms with E-state index in [0.29, 0.717) is 13.1 Å². The first-order valence-corrected chi connectivity index (χ1v) is 9.58. The van der Waals surface area contributed by atoms with Crippen molar-refractivity contribution in [1.29, 1.82) is 0 Å². The number of amides is 1. The van der Waals surface area contributed by atoms with Crippen LogP contribution in [0.25, 0.3) is 0 Å². The number of aromatic nitrogens is 2. The van der Waals surface area contributed by atoms with Crippen LogP contribution in [-0.4, -0.2) is 44.9 Å². The molecule has 0 N–H and O–H groups in total. The van der Waals surface area contributed by atoms with Crippen molar-refractivity contribution in [3.63, 3.8) is 0 Å². The number of carbonyl (C=O) groups is 1. The van der Waals surface area contributed by atoms with Gasteiger partial charge in [-0.3, -0.25) is 9.69 Å². The summed E-state index contributed by atoms with van der Waals surface area (Å²) in [6.07, 6.45) is 3.75. The molecule has 3 aliphatic rings. The Bertz CT molecular complexity index is 1010. The zero-order valence-corrected chi connectivity index (χ0v) is 15.6. The molecule has 2 aromatic carbocycles. The fourth-order valence-corrected chi connectivity index (χ4v) is 3.88. The molecule has 4 heterocycles. The van der Waals surface area contributed by atoms with E-state index in [4.69, 9.17) is 4.74 Å². The predicted octanol–water partition coefficient (Wildman–Crippen LogP) is 2.88. The number of carbonyl (C=O) groups excluding carboxylic acids is 1. The minimum absolute atomic E-state index is 0.168. The second-order valence-corrected chi connectivity index (χ2v) is 7.44. The number of piperazine rings is 1. The Hall–Kier alpha value is -3.12. The predicted molar refractivity (Wildman–Crippen MR) is 105 cm³/mol. The summed E-state index contributed by atoms with van der Waals surface area (Å²) >= 11 is 0. The van der Waals surface area contributed by atoms with Crippen LogP contribution in [-0.2, 0) is 24.4 Å². The van der Waals surface area contributed by atoms with Crippen molar-refractivity contribution in [2.75, 3.05) is 19.6 Å². The topological polar surface area (TPSA) is 50.6 Å². The van der Waals surface area contributed by atoms with E-state index in [1.54, 1.807) is 0 Å². The number of hydrogen-bond acceptors (Lipinski definition) is 4. The largest absolute Gasteiger partial charge is 0.457 e. The molecule has 1 saturated heterocycles. The Morgan fingerprint density at radius 1 is 0.857 bits per heavy atom. The van der Waals surface area contributed by atoms with Crippen LogP contribution < -0.4 is 4.74 Å². The molecular formula is C22H22N4O2. The van der Waals surface area contributed by atoms with Crippen LogP contribution in [0.15, 0.2) is 61.1 Å². The quantitative estimate of drug-likeness (QED) is 0.607. The highest BCUT2D eigenvalue weighted by molar-refractivity contribution is 5.79. The van der Waals surface area contributed by atoms with E-state index in [1.807, 2.05) is 53.8 Å². The second-order valence-electron chi connectivity index (χ2n) is 7.44. The van der Waals surface area contributed by atoms with Crippen LogP contribution >= 0.6 is 0 Å². The number of imidazole rings is 1. The van der Waals surface area contributed by atoms with Crippen molar-refractivity contribution < 1.29 is 9.53 Å². The monoisotopic (exact) mass is 374 g/mol. The van der Waals surface area contributed by atoms with Crippen molar-refractivity contribution in [1.82, 2.24) is 19.4 Å². The van der Waals surface area contributed by atoms with Crippen LogP contribution in [0.1, 0.15) is 16.8 Å². The molecule has 6 bridgehead atoms. The number of nitrogens with zero attached hydrogens (tertiary/aromatic N) is 4. The summed E-state index contributed by atoms with van der Waals surface area (Å²) in [6, 6.07) is 16.2. The summed E-state index contributed by atoms with van der Waals surface area (Å²) in [4.78, 5) is 21.1. The zero-order chi connectivity index (χ0) is 18.9.